The summed E-state index contributed by atoms with van der Waals surface area (Å²) in [7, 11) is 2.09. The van der Waals surface area contributed by atoms with Crippen molar-refractivity contribution in [3.63, 3.8) is 0 Å². The fourth-order valence-electron chi connectivity index (χ4n) is 2.28. The van der Waals surface area contributed by atoms with E-state index >= 15 is 0 Å². The summed E-state index contributed by atoms with van der Waals surface area (Å²) in [6.45, 7) is 1.56. The minimum Gasteiger partial charge on any atom is -0.393 e. The van der Waals surface area contributed by atoms with Crippen LogP contribution < -0.4 is 10.6 Å². The van der Waals surface area contributed by atoms with Gasteiger partial charge >= 0.3 is 0 Å². The van der Waals surface area contributed by atoms with Gasteiger partial charge in [0.2, 0.25) is 0 Å². The maximum absolute atomic E-state index is 9.27. The standard InChI is InChI=1S/C13H19BrN2O/c1-16(8-9-4-12(17)5-9)11-3-2-10(7-15)13(14)6-11/h2-3,6,9,12,17H,4-5,7-8,15H2,1H3. The zero-order valence-corrected chi connectivity index (χ0v) is 11.7. The number of anilines is 1. The number of benzene rings is 1. The summed E-state index contributed by atoms with van der Waals surface area (Å²) in [5.41, 5.74) is 7.95. The number of hydrogen-bond acceptors (Lipinski definition) is 3. The van der Waals surface area contributed by atoms with E-state index in [4.69, 9.17) is 5.73 Å². The van der Waals surface area contributed by atoms with Crippen LogP contribution in [0.1, 0.15) is 18.4 Å². The van der Waals surface area contributed by atoms with Crippen molar-refractivity contribution in [3.8, 4) is 0 Å². The molecule has 1 aliphatic carbocycles. The average molecular weight is 299 g/mol. The van der Waals surface area contributed by atoms with Crippen LogP contribution in [0, 0.1) is 5.92 Å². The third-order valence-corrected chi connectivity index (χ3v) is 4.18. The van der Waals surface area contributed by atoms with E-state index in [1.54, 1.807) is 0 Å². The van der Waals surface area contributed by atoms with Crippen LogP contribution in [0.3, 0.4) is 0 Å². The van der Waals surface area contributed by atoms with E-state index in [0.717, 1.165) is 29.4 Å². The molecule has 1 aromatic rings. The van der Waals surface area contributed by atoms with Crippen LogP contribution in [0.5, 0.6) is 0 Å². The topological polar surface area (TPSA) is 49.5 Å². The van der Waals surface area contributed by atoms with E-state index < -0.39 is 0 Å². The molecule has 17 heavy (non-hydrogen) atoms. The molecule has 0 unspecified atom stereocenters. The molecule has 1 aliphatic rings. The van der Waals surface area contributed by atoms with Crippen LogP contribution in [-0.2, 0) is 6.54 Å². The smallest absolute Gasteiger partial charge is 0.0546 e. The second kappa shape index (κ2) is 5.38. The first-order chi connectivity index (χ1) is 8.10. The Bertz CT molecular complexity index is 391. The molecule has 0 bridgehead atoms. The number of halogens is 1. The molecule has 1 saturated carbocycles. The zero-order chi connectivity index (χ0) is 12.4. The fourth-order valence-corrected chi connectivity index (χ4v) is 2.81. The quantitative estimate of drug-likeness (QED) is 0.895. The summed E-state index contributed by atoms with van der Waals surface area (Å²) in [5.74, 6) is 0.628. The van der Waals surface area contributed by atoms with Gasteiger partial charge in [0.15, 0.2) is 0 Å². The van der Waals surface area contributed by atoms with Gasteiger partial charge in [-0.3, -0.25) is 0 Å². The van der Waals surface area contributed by atoms with Gasteiger partial charge in [-0.25, -0.2) is 0 Å². The summed E-state index contributed by atoms with van der Waals surface area (Å²) < 4.78 is 1.07. The first-order valence-electron chi connectivity index (χ1n) is 5.98. The molecule has 0 radical (unpaired) electrons. The van der Waals surface area contributed by atoms with Gasteiger partial charge in [-0.2, -0.15) is 0 Å². The lowest BCUT2D eigenvalue weighted by molar-refractivity contribution is 0.0465. The van der Waals surface area contributed by atoms with Gasteiger partial charge in [0.05, 0.1) is 6.10 Å². The third-order valence-electron chi connectivity index (χ3n) is 3.44. The molecular formula is C13H19BrN2O. The highest BCUT2D eigenvalue weighted by Gasteiger charge is 2.28. The maximum Gasteiger partial charge on any atom is 0.0546 e. The van der Waals surface area contributed by atoms with Gasteiger partial charge in [0.1, 0.15) is 0 Å². The number of aliphatic hydroxyl groups excluding tert-OH is 1. The molecule has 1 fully saturated rings. The largest absolute Gasteiger partial charge is 0.393 e. The molecule has 1 aromatic carbocycles. The highest BCUT2D eigenvalue weighted by atomic mass is 79.9. The number of hydrogen-bond donors (Lipinski definition) is 2. The second-order valence-electron chi connectivity index (χ2n) is 4.85. The van der Waals surface area contributed by atoms with E-state index in [2.05, 4.69) is 46.1 Å². The molecular weight excluding hydrogens is 280 g/mol. The van der Waals surface area contributed by atoms with Crippen LogP contribution in [0.4, 0.5) is 5.69 Å². The van der Waals surface area contributed by atoms with Crippen molar-refractivity contribution in [1.29, 1.82) is 0 Å². The molecule has 3 nitrogen and oxygen atoms in total. The van der Waals surface area contributed by atoms with Crippen LogP contribution in [0.2, 0.25) is 0 Å². The molecule has 2 rings (SSSR count). The molecule has 0 atom stereocenters. The highest BCUT2D eigenvalue weighted by molar-refractivity contribution is 9.10. The number of nitrogens with zero attached hydrogens (tertiary/aromatic N) is 1. The Morgan fingerprint density at radius 3 is 2.71 bits per heavy atom. The Morgan fingerprint density at radius 1 is 1.47 bits per heavy atom. The van der Waals surface area contributed by atoms with Crippen LogP contribution in [-0.4, -0.2) is 24.8 Å². The highest BCUT2D eigenvalue weighted by Crippen LogP contribution is 2.30. The molecule has 0 heterocycles. The van der Waals surface area contributed by atoms with Crippen LogP contribution >= 0.6 is 15.9 Å². The molecule has 94 valence electrons. The van der Waals surface area contributed by atoms with Gasteiger partial charge in [-0.1, -0.05) is 22.0 Å². The minimum atomic E-state index is -0.0697. The van der Waals surface area contributed by atoms with Crippen molar-refractivity contribution >= 4 is 21.6 Å². The fraction of sp³-hybridized carbons (Fsp3) is 0.538. The Hall–Kier alpha value is -0.580. The molecule has 3 N–H and O–H groups in total. The van der Waals surface area contributed by atoms with Gasteiger partial charge in [-0.05, 0) is 36.5 Å². The summed E-state index contributed by atoms with van der Waals surface area (Å²) in [5, 5.41) is 9.27. The predicted molar refractivity (Wildman–Crippen MR) is 74.0 cm³/mol. The van der Waals surface area contributed by atoms with Crippen molar-refractivity contribution in [2.24, 2.45) is 11.7 Å². The number of rotatable bonds is 4. The lowest BCUT2D eigenvalue weighted by Crippen LogP contribution is -2.37. The van der Waals surface area contributed by atoms with E-state index in [0.29, 0.717) is 12.5 Å². The van der Waals surface area contributed by atoms with Crippen molar-refractivity contribution in [1.82, 2.24) is 0 Å². The average Bonchev–Trinajstić information content (AvgIpc) is 2.26. The SMILES string of the molecule is CN(CC1CC(O)C1)c1ccc(CN)c(Br)c1. The van der Waals surface area contributed by atoms with Gasteiger partial charge < -0.3 is 15.7 Å². The van der Waals surface area contributed by atoms with Crippen molar-refractivity contribution in [2.45, 2.75) is 25.5 Å². The first kappa shape index (κ1) is 12.9. The Kier molecular flexibility index (Phi) is 4.07. The van der Waals surface area contributed by atoms with Gasteiger partial charge in [0.25, 0.3) is 0 Å². The monoisotopic (exact) mass is 298 g/mol. The summed E-state index contributed by atoms with van der Waals surface area (Å²) in [6, 6.07) is 6.27. The Labute approximate surface area is 111 Å². The molecule has 0 spiro atoms. The Balaban J connectivity index is 1.99. The van der Waals surface area contributed by atoms with Gasteiger partial charge in [-0.15, -0.1) is 0 Å². The molecule has 0 amide bonds. The van der Waals surface area contributed by atoms with Crippen molar-refractivity contribution in [3.05, 3.63) is 28.2 Å². The summed E-state index contributed by atoms with van der Waals surface area (Å²) >= 11 is 3.54. The van der Waals surface area contributed by atoms with Gasteiger partial charge in [0, 0.05) is 30.3 Å². The Morgan fingerprint density at radius 2 is 2.18 bits per heavy atom. The van der Waals surface area contributed by atoms with Crippen LogP contribution in [0.15, 0.2) is 22.7 Å². The lowest BCUT2D eigenvalue weighted by Gasteiger charge is -2.35. The van der Waals surface area contributed by atoms with Crippen molar-refractivity contribution < 1.29 is 5.11 Å². The zero-order valence-electron chi connectivity index (χ0n) is 10.1. The number of aliphatic hydroxyl groups is 1. The summed E-state index contributed by atoms with van der Waals surface area (Å²) in [6.07, 6.45) is 1.80. The van der Waals surface area contributed by atoms with E-state index in [1.165, 1.54) is 5.69 Å². The van der Waals surface area contributed by atoms with E-state index in [1.807, 2.05) is 0 Å². The molecule has 0 aliphatic heterocycles. The van der Waals surface area contributed by atoms with Crippen molar-refractivity contribution in [2.75, 3.05) is 18.5 Å². The molecule has 0 aromatic heterocycles. The first-order valence-corrected chi connectivity index (χ1v) is 6.77. The third kappa shape index (κ3) is 3.00. The maximum atomic E-state index is 9.27. The minimum absolute atomic E-state index is 0.0697. The lowest BCUT2D eigenvalue weighted by atomic mass is 9.82. The van der Waals surface area contributed by atoms with E-state index in [-0.39, 0.29) is 6.10 Å². The molecule has 4 heteroatoms. The normalized spacial score (nSPS) is 23.3. The molecule has 0 saturated heterocycles. The van der Waals surface area contributed by atoms with Crippen LogP contribution in [0.25, 0.3) is 0 Å². The second-order valence-corrected chi connectivity index (χ2v) is 5.71. The van der Waals surface area contributed by atoms with E-state index in [9.17, 15) is 5.11 Å². The predicted octanol–water partition coefficient (Wildman–Crippen LogP) is 2.11. The number of nitrogens with two attached hydrogens (primary N) is 1. The summed E-state index contributed by atoms with van der Waals surface area (Å²) in [4.78, 5) is 2.24.